The molecule has 3 aliphatic rings. The highest BCUT2D eigenvalue weighted by Gasteiger charge is 2.35. The fourth-order valence-corrected chi connectivity index (χ4v) is 6.79. The molecule has 1 aliphatic carbocycles. The van der Waals surface area contributed by atoms with E-state index in [-0.39, 0.29) is 37.1 Å². The molecule has 3 fully saturated rings. The molecule has 2 aliphatic heterocycles. The molecule has 3 heterocycles. The lowest BCUT2D eigenvalue weighted by Gasteiger charge is -2.46. The Labute approximate surface area is 212 Å². The first kappa shape index (κ1) is 25.2. The molecule has 1 aromatic heterocycles. The van der Waals surface area contributed by atoms with Crippen LogP contribution >= 0.6 is 0 Å². The first-order chi connectivity index (χ1) is 17.3. The van der Waals surface area contributed by atoms with Gasteiger partial charge < -0.3 is 19.7 Å². The molecular formula is C26H36N4O5S. The van der Waals surface area contributed by atoms with Crippen LogP contribution in [0, 0.1) is 13.8 Å². The summed E-state index contributed by atoms with van der Waals surface area (Å²) in [5.41, 5.74) is 3.52. The van der Waals surface area contributed by atoms with Crippen LogP contribution in [0.1, 0.15) is 42.9 Å². The number of anilines is 2. The number of hydrogen-bond acceptors (Lipinski definition) is 8. The number of ether oxygens (including phenoxy) is 2. The van der Waals surface area contributed by atoms with Crippen LogP contribution in [0.2, 0.25) is 0 Å². The van der Waals surface area contributed by atoms with Crippen molar-refractivity contribution in [2.45, 2.75) is 62.9 Å². The Morgan fingerprint density at radius 2 is 1.75 bits per heavy atom. The Kier molecular flexibility index (Phi) is 7.37. The summed E-state index contributed by atoms with van der Waals surface area (Å²) in [4.78, 5) is 15.7. The van der Waals surface area contributed by atoms with E-state index in [1.807, 2.05) is 0 Å². The Hall–Kier alpha value is -2.43. The Balaban J connectivity index is 1.24. The van der Waals surface area contributed by atoms with Gasteiger partial charge in [0.15, 0.2) is 9.84 Å². The van der Waals surface area contributed by atoms with E-state index < -0.39 is 15.1 Å². The van der Waals surface area contributed by atoms with Gasteiger partial charge in [-0.25, -0.2) is 13.1 Å². The Morgan fingerprint density at radius 3 is 2.39 bits per heavy atom. The molecule has 1 saturated carbocycles. The molecule has 1 atom stereocenters. The number of hydrogen-bond donors (Lipinski definition) is 1. The van der Waals surface area contributed by atoms with Crippen LogP contribution in [0.4, 0.5) is 11.4 Å². The van der Waals surface area contributed by atoms with Crippen molar-refractivity contribution in [1.29, 1.82) is 0 Å². The number of benzene rings is 1. The summed E-state index contributed by atoms with van der Waals surface area (Å²) < 4.78 is 37.0. The van der Waals surface area contributed by atoms with Gasteiger partial charge in [0.25, 0.3) is 5.56 Å². The van der Waals surface area contributed by atoms with E-state index in [9.17, 15) is 13.2 Å². The molecule has 36 heavy (non-hydrogen) atoms. The Morgan fingerprint density at radius 1 is 1.03 bits per heavy atom. The lowest BCUT2D eigenvalue weighted by atomic mass is 9.88. The number of nitrogens with one attached hydrogen (secondary N) is 1. The van der Waals surface area contributed by atoms with Gasteiger partial charge >= 0.3 is 0 Å². The van der Waals surface area contributed by atoms with Gasteiger partial charge in [0.05, 0.1) is 56.1 Å². The zero-order valence-corrected chi connectivity index (χ0v) is 21.9. The second-order valence-electron chi connectivity index (χ2n) is 10.3. The summed E-state index contributed by atoms with van der Waals surface area (Å²) in [7, 11) is -3.18. The average Bonchev–Trinajstić information content (AvgIpc) is 2.84. The van der Waals surface area contributed by atoms with Crippen LogP contribution < -0.4 is 15.8 Å². The van der Waals surface area contributed by atoms with Crippen LogP contribution in [0.25, 0.3) is 0 Å². The minimum atomic E-state index is -3.18. The molecule has 10 heteroatoms. The summed E-state index contributed by atoms with van der Waals surface area (Å²) in [6.45, 7) is 6.03. The van der Waals surface area contributed by atoms with E-state index in [0.717, 1.165) is 38.9 Å². The maximum absolute atomic E-state index is 13.2. The van der Waals surface area contributed by atoms with Gasteiger partial charge in [0, 0.05) is 23.8 Å². The zero-order chi connectivity index (χ0) is 25.3. The van der Waals surface area contributed by atoms with Crippen LogP contribution in [-0.4, -0.2) is 74.3 Å². The Bertz CT molecular complexity index is 1220. The predicted octanol–water partition coefficient (Wildman–Crippen LogP) is 2.47. The van der Waals surface area contributed by atoms with Crippen molar-refractivity contribution < 1.29 is 17.9 Å². The van der Waals surface area contributed by atoms with Gasteiger partial charge in [-0.15, -0.1) is 0 Å². The third-order valence-electron chi connectivity index (χ3n) is 7.84. The van der Waals surface area contributed by atoms with E-state index in [1.165, 1.54) is 11.3 Å². The van der Waals surface area contributed by atoms with E-state index in [4.69, 9.17) is 9.47 Å². The number of nitrogens with zero attached hydrogens (tertiary/aromatic N) is 3. The third kappa shape index (κ3) is 5.17. The van der Waals surface area contributed by atoms with Crippen molar-refractivity contribution in [3.8, 4) is 0 Å². The fraction of sp³-hybridized carbons (Fsp3) is 0.615. The van der Waals surface area contributed by atoms with Crippen molar-refractivity contribution in [2.24, 2.45) is 0 Å². The average molecular weight is 517 g/mol. The standard InChI is InChI=1S/C26H36N4O5S/c1-18-3-5-20(6-4-18)29(23-15-35-16-23)21-7-9-22(10-8-21)30-26(31)19(2)25(14-28-30)27-13-24-17-34-11-12-36(24,32)33/h3-6,14,21-24,27H,7-13,15-17H2,1-2H3/t21?,22?,24-/m0/s1. The molecule has 1 N–H and O–H groups in total. The molecule has 0 unspecified atom stereocenters. The van der Waals surface area contributed by atoms with E-state index in [1.54, 1.807) is 17.8 Å². The molecular weight excluding hydrogens is 480 g/mol. The topological polar surface area (TPSA) is 103 Å². The van der Waals surface area contributed by atoms with Gasteiger partial charge in [-0.2, -0.15) is 5.10 Å². The van der Waals surface area contributed by atoms with Gasteiger partial charge in [-0.1, -0.05) is 17.7 Å². The molecule has 5 rings (SSSR count). The number of aromatic nitrogens is 2. The monoisotopic (exact) mass is 516 g/mol. The molecule has 2 aromatic rings. The summed E-state index contributed by atoms with van der Waals surface area (Å²) in [6, 6.07) is 9.59. The maximum Gasteiger partial charge on any atom is 0.272 e. The van der Waals surface area contributed by atoms with Crippen molar-refractivity contribution in [3.05, 3.63) is 51.9 Å². The van der Waals surface area contributed by atoms with E-state index in [2.05, 4.69) is 46.5 Å². The minimum Gasteiger partial charge on any atom is -0.382 e. The number of rotatable bonds is 7. The third-order valence-corrected chi connectivity index (χ3v) is 9.89. The second-order valence-corrected chi connectivity index (χ2v) is 12.7. The van der Waals surface area contributed by atoms with Crippen LogP contribution in [0.15, 0.2) is 35.3 Å². The SMILES string of the molecule is Cc1ccc(N(C2CCC(n3ncc(NC[C@H]4COCCS4(=O)=O)c(C)c3=O)CC2)C2COC2)cc1. The molecule has 2 saturated heterocycles. The van der Waals surface area contributed by atoms with E-state index >= 15 is 0 Å². The van der Waals surface area contributed by atoms with Crippen molar-refractivity contribution in [2.75, 3.05) is 48.9 Å². The molecule has 0 bridgehead atoms. The fourth-order valence-electron chi connectivity index (χ4n) is 5.47. The largest absolute Gasteiger partial charge is 0.382 e. The van der Waals surface area contributed by atoms with Gasteiger partial charge in [-0.05, 0) is 51.7 Å². The molecule has 1 aromatic carbocycles. The highest BCUT2D eigenvalue weighted by molar-refractivity contribution is 7.92. The molecule has 0 spiro atoms. The smallest absolute Gasteiger partial charge is 0.272 e. The van der Waals surface area contributed by atoms with Gasteiger partial charge in [-0.3, -0.25) is 4.79 Å². The summed E-state index contributed by atoms with van der Waals surface area (Å²) in [5.74, 6) is 0.0377. The highest BCUT2D eigenvalue weighted by Crippen LogP contribution is 2.35. The quantitative estimate of drug-likeness (QED) is 0.599. The number of aryl methyl sites for hydroxylation is 1. The zero-order valence-electron chi connectivity index (χ0n) is 21.1. The lowest BCUT2D eigenvalue weighted by molar-refractivity contribution is 0.00282. The van der Waals surface area contributed by atoms with Gasteiger partial charge in [0.1, 0.15) is 5.25 Å². The molecule has 196 valence electrons. The first-order valence-corrected chi connectivity index (χ1v) is 14.6. The minimum absolute atomic E-state index is 0.0377. The summed E-state index contributed by atoms with van der Waals surface area (Å²) in [6.07, 6.45) is 5.40. The van der Waals surface area contributed by atoms with E-state index in [0.29, 0.717) is 23.3 Å². The molecule has 0 radical (unpaired) electrons. The highest BCUT2D eigenvalue weighted by atomic mass is 32.2. The molecule has 9 nitrogen and oxygen atoms in total. The van der Waals surface area contributed by atoms with Crippen LogP contribution in [-0.2, 0) is 19.3 Å². The first-order valence-electron chi connectivity index (χ1n) is 12.9. The predicted molar refractivity (Wildman–Crippen MR) is 140 cm³/mol. The van der Waals surface area contributed by atoms with Crippen molar-refractivity contribution in [3.63, 3.8) is 0 Å². The number of sulfone groups is 1. The summed E-state index contributed by atoms with van der Waals surface area (Å²) >= 11 is 0. The van der Waals surface area contributed by atoms with Crippen LogP contribution in [0.5, 0.6) is 0 Å². The van der Waals surface area contributed by atoms with Crippen LogP contribution in [0.3, 0.4) is 0 Å². The molecule has 0 amide bonds. The maximum atomic E-state index is 13.2. The van der Waals surface area contributed by atoms with Crippen molar-refractivity contribution >= 4 is 21.2 Å². The van der Waals surface area contributed by atoms with Gasteiger partial charge in [0.2, 0.25) is 0 Å². The second kappa shape index (κ2) is 10.5. The summed E-state index contributed by atoms with van der Waals surface area (Å²) in [5, 5.41) is 7.01. The lowest BCUT2D eigenvalue weighted by Crippen LogP contribution is -2.54. The normalized spacial score (nSPS) is 26.2. The van der Waals surface area contributed by atoms with Crippen molar-refractivity contribution in [1.82, 2.24) is 9.78 Å².